The van der Waals surface area contributed by atoms with Gasteiger partial charge in [-0.05, 0) is 32.7 Å². The molecule has 2 heterocycles. The molecule has 2 rings (SSSR count). The van der Waals surface area contributed by atoms with Crippen molar-refractivity contribution in [2.75, 3.05) is 19.6 Å². The molecule has 0 radical (unpaired) electrons. The van der Waals surface area contributed by atoms with Gasteiger partial charge in [-0.2, -0.15) is 5.10 Å². The Morgan fingerprint density at radius 2 is 2.15 bits per heavy atom. The van der Waals surface area contributed by atoms with Gasteiger partial charge in [-0.25, -0.2) is 0 Å². The van der Waals surface area contributed by atoms with Crippen LogP contribution >= 0.6 is 0 Å². The van der Waals surface area contributed by atoms with Gasteiger partial charge < -0.3 is 10.2 Å². The molecular weight excluding hydrogens is 252 g/mol. The predicted molar refractivity (Wildman–Crippen MR) is 79.8 cm³/mol. The van der Waals surface area contributed by atoms with Crippen LogP contribution in [0.4, 0.5) is 0 Å². The van der Waals surface area contributed by atoms with Crippen molar-refractivity contribution in [3.8, 4) is 0 Å². The van der Waals surface area contributed by atoms with Crippen molar-refractivity contribution in [1.82, 2.24) is 20.0 Å². The van der Waals surface area contributed by atoms with Crippen molar-refractivity contribution in [1.29, 1.82) is 0 Å². The Bertz CT molecular complexity index is 494. The van der Waals surface area contributed by atoms with Gasteiger partial charge in [0.2, 0.25) is 0 Å². The molecule has 0 bridgehead atoms. The molecule has 1 fully saturated rings. The van der Waals surface area contributed by atoms with Crippen LogP contribution in [0.5, 0.6) is 0 Å². The Labute approximate surface area is 121 Å². The number of hydrogen-bond acceptors (Lipinski definition) is 3. The molecule has 1 aliphatic rings. The lowest BCUT2D eigenvalue weighted by atomic mass is 9.93. The number of carbonyl (C=O) groups is 1. The molecule has 112 valence electrons. The third kappa shape index (κ3) is 2.73. The second-order valence-corrected chi connectivity index (χ2v) is 5.85. The molecule has 1 amide bonds. The number of nitrogens with zero attached hydrogens (tertiary/aromatic N) is 3. The van der Waals surface area contributed by atoms with Gasteiger partial charge in [0.1, 0.15) is 0 Å². The van der Waals surface area contributed by atoms with E-state index in [0.29, 0.717) is 12.0 Å². The van der Waals surface area contributed by atoms with Crippen LogP contribution in [-0.2, 0) is 7.05 Å². The minimum absolute atomic E-state index is 0.134. The highest BCUT2D eigenvalue weighted by molar-refractivity contribution is 5.96. The molecule has 2 unspecified atom stereocenters. The van der Waals surface area contributed by atoms with Gasteiger partial charge in [-0.15, -0.1) is 0 Å². The first-order valence-corrected chi connectivity index (χ1v) is 7.48. The summed E-state index contributed by atoms with van der Waals surface area (Å²) in [6.07, 6.45) is 1.03. The molecule has 1 aromatic rings. The molecule has 1 saturated heterocycles. The van der Waals surface area contributed by atoms with Crippen LogP contribution in [0.15, 0.2) is 0 Å². The second kappa shape index (κ2) is 5.95. The van der Waals surface area contributed by atoms with Crippen molar-refractivity contribution in [3.63, 3.8) is 0 Å². The van der Waals surface area contributed by atoms with Crippen LogP contribution < -0.4 is 5.32 Å². The van der Waals surface area contributed by atoms with E-state index in [1.807, 2.05) is 25.8 Å². The number of hydrogen-bond donors (Lipinski definition) is 1. The average molecular weight is 278 g/mol. The quantitative estimate of drug-likeness (QED) is 0.911. The van der Waals surface area contributed by atoms with Crippen LogP contribution in [-0.4, -0.2) is 46.3 Å². The second-order valence-electron chi connectivity index (χ2n) is 5.85. The number of aromatic nitrogens is 2. The number of piperidine rings is 1. The number of carbonyl (C=O) groups excluding carboxylic acids is 1. The SMILES string of the molecule is CCNC1CCN(C(=O)c2c(C)nn(C)c2C)CC1C. The van der Waals surface area contributed by atoms with Crippen LogP contribution in [0.25, 0.3) is 0 Å². The molecule has 5 heteroatoms. The van der Waals surface area contributed by atoms with Gasteiger partial charge in [0.25, 0.3) is 5.91 Å². The van der Waals surface area contributed by atoms with E-state index in [9.17, 15) is 4.79 Å². The van der Waals surface area contributed by atoms with Gasteiger partial charge >= 0.3 is 0 Å². The fraction of sp³-hybridized carbons (Fsp3) is 0.733. The number of rotatable bonds is 3. The van der Waals surface area contributed by atoms with Crippen molar-refractivity contribution in [2.45, 2.75) is 40.2 Å². The third-order valence-corrected chi connectivity index (χ3v) is 4.38. The maximum Gasteiger partial charge on any atom is 0.257 e. The molecule has 0 saturated carbocycles. The molecular formula is C15H26N4O. The molecule has 1 aromatic heterocycles. The fourth-order valence-corrected chi connectivity index (χ4v) is 3.14. The average Bonchev–Trinajstić information content (AvgIpc) is 2.65. The summed E-state index contributed by atoms with van der Waals surface area (Å²) >= 11 is 0. The van der Waals surface area contributed by atoms with E-state index in [-0.39, 0.29) is 5.91 Å². The molecule has 0 spiro atoms. The first kappa shape index (κ1) is 15.0. The summed E-state index contributed by atoms with van der Waals surface area (Å²) in [6, 6.07) is 0.528. The van der Waals surface area contributed by atoms with E-state index >= 15 is 0 Å². The normalized spacial score (nSPS) is 23.1. The Balaban J connectivity index is 2.11. The van der Waals surface area contributed by atoms with E-state index in [1.54, 1.807) is 4.68 Å². The van der Waals surface area contributed by atoms with E-state index in [4.69, 9.17) is 0 Å². The summed E-state index contributed by atoms with van der Waals surface area (Å²) in [5, 5.41) is 7.85. The zero-order valence-electron chi connectivity index (χ0n) is 13.2. The molecule has 20 heavy (non-hydrogen) atoms. The highest BCUT2D eigenvalue weighted by Gasteiger charge is 2.30. The largest absolute Gasteiger partial charge is 0.338 e. The number of aryl methyl sites for hydroxylation is 2. The van der Waals surface area contributed by atoms with Crippen LogP contribution in [0.2, 0.25) is 0 Å². The van der Waals surface area contributed by atoms with Crippen LogP contribution in [0.1, 0.15) is 42.0 Å². The summed E-state index contributed by atoms with van der Waals surface area (Å²) < 4.78 is 1.79. The van der Waals surface area contributed by atoms with Gasteiger partial charge in [0.15, 0.2) is 0 Å². The van der Waals surface area contributed by atoms with Gasteiger partial charge in [-0.3, -0.25) is 9.48 Å². The summed E-state index contributed by atoms with van der Waals surface area (Å²) in [4.78, 5) is 14.7. The van der Waals surface area contributed by atoms with E-state index < -0.39 is 0 Å². The summed E-state index contributed by atoms with van der Waals surface area (Å²) in [6.45, 7) is 10.9. The van der Waals surface area contributed by atoms with E-state index in [1.165, 1.54) is 0 Å². The van der Waals surface area contributed by atoms with Crippen LogP contribution in [0.3, 0.4) is 0 Å². The first-order valence-electron chi connectivity index (χ1n) is 7.48. The molecule has 0 aliphatic carbocycles. The molecule has 1 N–H and O–H groups in total. The summed E-state index contributed by atoms with van der Waals surface area (Å²) in [7, 11) is 1.89. The zero-order valence-corrected chi connectivity index (χ0v) is 13.2. The molecule has 2 atom stereocenters. The zero-order chi connectivity index (χ0) is 14.9. The number of likely N-dealkylation sites (tertiary alicyclic amines) is 1. The lowest BCUT2D eigenvalue weighted by molar-refractivity contribution is 0.0644. The minimum atomic E-state index is 0.134. The van der Waals surface area contributed by atoms with Gasteiger partial charge in [0, 0.05) is 31.9 Å². The molecule has 1 aliphatic heterocycles. The maximum atomic E-state index is 12.7. The summed E-state index contributed by atoms with van der Waals surface area (Å²) in [5.41, 5.74) is 2.56. The monoisotopic (exact) mass is 278 g/mol. The Morgan fingerprint density at radius 1 is 1.45 bits per heavy atom. The highest BCUT2D eigenvalue weighted by Crippen LogP contribution is 2.21. The lowest BCUT2D eigenvalue weighted by Gasteiger charge is -2.37. The first-order chi connectivity index (χ1) is 9.45. The third-order valence-electron chi connectivity index (χ3n) is 4.38. The van der Waals surface area contributed by atoms with Crippen molar-refractivity contribution >= 4 is 5.91 Å². The smallest absolute Gasteiger partial charge is 0.257 e. The van der Waals surface area contributed by atoms with E-state index in [2.05, 4.69) is 24.3 Å². The maximum absolute atomic E-state index is 12.7. The number of amides is 1. The van der Waals surface area contributed by atoms with Crippen LogP contribution in [0, 0.1) is 19.8 Å². The Hall–Kier alpha value is -1.36. The minimum Gasteiger partial charge on any atom is -0.338 e. The van der Waals surface area contributed by atoms with Gasteiger partial charge in [-0.1, -0.05) is 13.8 Å². The van der Waals surface area contributed by atoms with Crippen molar-refractivity contribution < 1.29 is 4.79 Å². The van der Waals surface area contributed by atoms with E-state index in [0.717, 1.165) is 43.0 Å². The van der Waals surface area contributed by atoms with Crippen molar-refractivity contribution in [3.05, 3.63) is 17.0 Å². The molecule has 0 aromatic carbocycles. The number of nitrogens with one attached hydrogen (secondary N) is 1. The molecule has 5 nitrogen and oxygen atoms in total. The Kier molecular flexibility index (Phi) is 4.48. The predicted octanol–water partition coefficient (Wildman–Crippen LogP) is 1.50. The lowest BCUT2D eigenvalue weighted by Crippen LogP contribution is -2.50. The highest BCUT2D eigenvalue weighted by atomic mass is 16.2. The standard InChI is InChI=1S/C15H26N4O/c1-6-16-13-7-8-19(9-10(13)2)15(20)14-11(3)17-18(5)12(14)4/h10,13,16H,6-9H2,1-5H3. The van der Waals surface area contributed by atoms with Crippen molar-refractivity contribution in [2.24, 2.45) is 13.0 Å². The fourth-order valence-electron chi connectivity index (χ4n) is 3.14. The topological polar surface area (TPSA) is 50.2 Å². The Morgan fingerprint density at radius 3 is 2.65 bits per heavy atom. The summed E-state index contributed by atoms with van der Waals surface area (Å²) in [5.74, 6) is 0.625. The van der Waals surface area contributed by atoms with Gasteiger partial charge in [0.05, 0.1) is 11.3 Å².